The Labute approximate surface area is 182 Å². The molecule has 2 aromatic carbocycles. The molecule has 0 aliphatic heterocycles. The number of hydrogen-bond acceptors (Lipinski definition) is 5. The normalized spacial score (nSPS) is 12.3. The van der Waals surface area contributed by atoms with Crippen molar-refractivity contribution in [3.8, 4) is 11.8 Å². The Balaban J connectivity index is 2.02. The lowest BCUT2D eigenvalue weighted by Gasteiger charge is -2.21. The second-order valence-electron chi connectivity index (χ2n) is 7.25. The van der Waals surface area contributed by atoms with Crippen LogP contribution in [0.1, 0.15) is 40.4 Å². The minimum atomic E-state index is -0.525. The van der Waals surface area contributed by atoms with E-state index < -0.39 is 17.9 Å². The molecule has 31 heavy (non-hydrogen) atoms. The van der Waals surface area contributed by atoms with Gasteiger partial charge in [0.15, 0.2) is 0 Å². The molecule has 2 rings (SSSR count). The fourth-order valence-electron chi connectivity index (χ4n) is 2.84. The summed E-state index contributed by atoms with van der Waals surface area (Å²) in [6, 6.07) is 14.5. The van der Waals surface area contributed by atoms with E-state index in [1.54, 1.807) is 36.7 Å². The average molecular weight is 424 g/mol. The highest BCUT2D eigenvalue weighted by molar-refractivity contribution is 5.94. The summed E-state index contributed by atoms with van der Waals surface area (Å²) < 4.78 is 10.2. The number of methoxy groups -OCH3 is 1. The molecule has 0 saturated carbocycles. The van der Waals surface area contributed by atoms with Crippen LogP contribution in [-0.2, 0) is 14.3 Å². The average Bonchev–Trinajstić information content (AvgIpc) is 2.78. The largest absolute Gasteiger partial charge is 0.359 e. The van der Waals surface area contributed by atoms with Gasteiger partial charge in [0.2, 0.25) is 5.91 Å². The molecule has 0 saturated heterocycles. The molecule has 7 heteroatoms. The lowest BCUT2D eigenvalue weighted by atomic mass is 10.0. The first kappa shape index (κ1) is 24.1. The van der Waals surface area contributed by atoms with E-state index in [1.165, 1.54) is 12.7 Å². The maximum absolute atomic E-state index is 12.6. The van der Waals surface area contributed by atoms with E-state index in [1.807, 2.05) is 31.2 Å². The standard InChI is InChI=1S/C24H28N2O5/c1-17-4-6-19(7-5-17)8-9-20-10-12-21(13-11-20)24(28)25-22(15-31-16-30-3)14-18(2)23(27)26-29/h4-7,10-13,18,22,29H,14-16H2,1-3H3,(H,25,28)(H,26,27). The number of hydrogen-bond donors (Lipinski definition) is 3. The van der Waals surface area contributed by atoms with E-state index in [4.69, 9.17) is 14.7 Å². The highest BCUT2D eigenvalue weighted by atomic mass is 16.7. The third kappa shape index (κ3) is 8.22. The van der Waals surface area contributed by atoms with Gasteiger partial charge in [-0.25, -0.2) is 5.48 Å². The van der Waals surface area contributed by atoms with Gasteiger partial charge in [-0.15, -0.1) is 0 Å². The van der Waals surface area contributed by atoms with Gasteiger partial charge in [0.25, 0.3) is 5.91 Å². The number of nitrogens with one attached hydrogen (secondary N) is 2. The molecule has 3 N–H and O–H groups in total. The topological polar surface area (TPSA) is 96.9 Å². The van der Waals surface area contributed by atoms with Crippen LogP contribution in [0.3, 0.4) is 0 Å². The van der Waals surface area contributed by atoms with Gasteiger partial charge in [-0.05, 0) is 49.7 Å². The first-order valence-electron chi connectivity index (χ1n) is 9.93. The monoisotopic (exact) mass is 424 g/mol. The van der Waals surface area contributed by atoms with Crippen LogP contribution in [0, 0.1) is 24.7 Å². The fourth-order valence-corrected chi connectivity index (χ4v) is 2.84. The first-order chi connectivity index (χ1) is 14.9. The zero-order chi connectivity index (χ0) is 22.6. The Hall–Kier alpha value is -3.18. The van der Waals surface area contributed by atoms with Gasteiger partial charge < -0.3 is 14.8 Å². The van der Waals surface area contributed by atoms with Gasteiger partial charge in [0, 0.05) is 29.7 Å². The predicted molar refractivity (Wildman–Crippen MR) is 116 cm³/mol. The van der Waals surface area contributed by atoms with Gasteiger partial charge in [0.05, 0.1) is 12.6 Å². The first-order valence-corrected chi connectivity index (χ1v) is 9.93. The van der Waals surface area contributed by atoms with Gasteiger partial charge >= 0.3 is 0 Å². The Kier molecular flexibility index (Phi) is 9.72. The summed E-state index contributed by atoms with van der Waals surface area (Å²) >= 11 is 0. The van der Waals surface area contributed by atoms with Crippen LogP contribution in [0.4, 0.5) is 0 Å². The van der Waals surface area contributed by atoms with Crippen LogP contribution in [0.15, 0.2) is 48.5 Å². The molecular weight excluding hydrogens is 396 g/mol. The van der Waals surface area contributed by atoms with Crippen molar-refractivity contribution >= 4 is 11.8 Å². The molecule has 2 unspecified atom stereocenters. The van der Waals surface area contributed by atoms with Gasteiger partial charge in [0.1, 0.15) is 6.79 Å². The molecule has 164 valence electrons. The Morgan fingerprint density at radius 2 is 1.61 bits per heavy atom. The number of amides is 2. The smallest absolute Gasteiger partial charge is 0.251 e. The third-order valence-corrected chi connectivity index (χ3v) is 4.60. The van der Waals surface area contributed by atoms with Gasteiger partial charge in [-0.3, -0.25) is 14.8 Å². The Bertz CT molecular complexity index is 914. The van der Waals surface area contributed by atoms with Crippen molar-refractivity contribution in [1.82, 2.24) is 10.8 Å². The SMILES string of the molecule is COCOCC(CC(C)C(=O)NO)NC(=O)c1ccc(C#Cc2ccc(C)cc2)cc1. The zero-order valence-corrected chi connectivity index (χ0v) is 18.0. The van der Waals surface area contributed by atoms with Gasteiger partial charge in [-0.1, -0.05) is 36.5 Å². The van der Waals surface area contributed by atoms with E-state index in [9.17, 15) is 9.59 Å². The predicted octanol–water partition coefficient (Wildman–Crippen LogP) is 2.65. The Morgan fingerprint density at radius 1 is 1.03 bits per heavy atom. The van der Waals surface area contributed by atoms with Crippen LogP contribution in [0.5, 0.6) is 0 Å². The van der Waals surface area contributed by atoms with E-state index in [0.29, 0.717) is 12.0 Å². The molecule has 0 aliphatic carbocycles. The molecule has 0 fully saturated rings. The van der Waals surface area contributed by atoms with Crippen molar-refractivity contribution in [2.24, 2.45) is 5.92 Å². The van der Waals surface area contributed by atoms with E-state index in [2.05, 4.69) is 17.2 Å². The molecule has 0 spiro atoms. The van der Waals surface area contributed by atoms with Crippen LogP contribution in [-0.4, -0.2) is 43.6 Å². The summed E-state index contributed by atoms with van der Waals surface area (Å²) in [7, 11) is 1.50. The van der Waals surface area contributed by atoms with Crippen LogP contribution >= 0.6 is 0 Å². The van der Waals surface area contributed by atoms with Crippen LogP contribution in [0.2, 0.25) is 0 Å². The number of benzene rings is 2. The number of ether oxygens (including phenoxy) is 2. The summed E-state index contributed by atoms with van der Waals surface area (Å²) in [6.45, 7) is 3.92. The highest BCUT2D eigenvalue weighted by Crippen LogP contribution is 2.10. The second-order valence-corrected chi connectivity index (χ2v) is 7.25. The lowest BCUT2D eigenvalue weighted by Crippen LogP contribution is -2.41. The van der Waals surface area contributed by atoms with Crippen molar-refractivity contribution in [2.45, 2.75) is 26.3 Å². The number of hydroxylamine groups is 1. The quantitative estimate of drug-likeness (QED) is 0.189. The molecule has 7 nitrogen and oxygen atoms in total. The number of carbonyl (C=O) groups is 2. The highest BCUT2D eigenvalue weighted by Gasteiger charge is 2.21. The zero-order valence-electron chi connectivity index (χ0n) is 18.0. The molecule has 2 aromatic rings. The molecule has 2 amide bonds. The molecule has 0 bridgehead atoms. The van der Waals surface area contributed by atoms with Crippen molar-refractivity contribution in [3.63, 3.8) is 0 Å². The summed E-state index contributed by atoms with van der Waals surface area (Å²) in [4.78, 5) is 24.2. The third-order valence-electron chi connectivity index (χ3n) is 4.60. The van der Waals surface area contributed by atoms with Crippen LogP contribution in [0.25, 0.3) is 0 Å². The molecule has 2 atom stereocenters. The minimum absolute atomic E-state index is 0.0707. The number of aryl methyl sites for hydroxylation is 1. The number of rotatable bonds is 9. The maximum atomic E-state index is 12.6. The Morgan fingerprint density at radius 3 is 2.16 bits per heavy atom. The second kappa shape index (κ2) is 12.5. The molecule has 0 heterocycles. The maximum Gasteiger partial charge on any atom is 0.251 e. The minimum Gasteiger partial charge on any atom is -0.359 e. The van der Waals surface area contributed by atoms with Crippen LogP contribution < -0.4 is 10.8 Å². The van der Waals surface area contributed by atoms with Crippen molar-refractivity contribution in [2.75, 3.05) is 20.5 Å². The molecular formula is C24H28N2O5. The summed E-state index contributed by atoms with van der Waals surface area (Å²) in [6.07, 6.45) is 0.294. The number of carbonyl (C=O) groups excluding carboxylic acids is 2. The fraction of sp³-hybridized carbons (Fsp3) is 0.333. The summed E-state index contributed by atoms with van der Waals surface area (Å²) in [5.41, 5.74) is 4.99. The molecule has 0 aliphatic rings. The molecule has 0 radical (unpaired) electrons. The summed E-state index contributed by atoms with van der Waals surface area (Å²) in [5.74, 6) is 4.85. The lowest BCUT2D eigenvalue weighted by molar-refractivity contribution is -0.133. The van der Waals surface area contributed by atoms with Crippen molar-refractivity contribution < 1.29 is 24.3 Å². The van der Waals surface area contributed by atoms with E-state index >= 15 is 0 Å². The summed E-state index contributed by atoms with van der Waals surface area (Å²) in [5, 5.41) is 11.7. The van der Waals surface area contributed by atoms with Gasteiger partial charge in [-0.2, -0.15) is 0 Å². The van der Waals surface area contributed by atoms with Crippen molar-refractivity contribution in [1.29, 1.82) is 0 Å². The van der Waals surface area contributed by atoms with Crippen molar-refractivity contribution in [3.05, 3.63) is 70.8 Å². The van der Waals surface area contributed by atoms with E-state index in [-0.39, 0.29) is 19.3 Å². The van der Waals surface area contributed by atoms with E-state index in [0.717, 1.165) is 11.1 Å². The molecule has 0 aromatic heterocycles.